The van der Waals surface area contributed by atoms with Gasteiger partial charge in [-0.3, -0.25) is 9.59 Å². The van der Waals surface area contributed by atoms with Crippen molar-refractivity contribution >= 4 is 23.6 Å². The van der Waals surface area contributed by atoms with Gasteiger partial charge in [-0.25, -0.2) is 4.98 Å². The Kier molecular flexibility index (Phi) is 7.60. The number of carboxylic acids is 1. The minimum absolute atomic E-state index is 0.0397. The van der Waals surface area contributed by atoms with Crippen LogP contribution in [0.5, 0.6) is 5.88 Å². The van der Waals surface area contributed by atoms with Gasteiger partial charge in [0, 0.05) is 30.1 Å². The number of ether oxygens (including phenoxy) is 1. The third kappa shape index (κ3) is 6.99. The van der Waals surface area contributed by atoms with Gasteiger partial charge >= 0.3 is 5.97 Å². The van der Waals surface area contributed by atoms with Gasteiger partial charge in [-0.2, -0.15) is 0 Å². The van der Waals surface area contributed by atoms with E-state index in [-0.39, 0.29) is 17.8 Å². The normalized spacial score (nSPS) is 11.7. The molecule has 1 aromatic rings. The van der Waals surface area contributed by atoms with Crippen molar-refractivity contribution in [3.8, 4) is 5.88 Å². The van der Waals surface area contributed by atoms with E-state index in [0.29, 0.717) is 23.7 Å². The molecule has 0 aliphatic carbocycles. The van der Waals surface area contributed by atoms with Crippen LogP contribution in [0, 0.1) is 0 Å². The summed E-state index contributed by atoms with van der Waals surface area (Å²) in [5.74, 6) is -0.0518. The fourth-order valence-electron chi connectivity index (χ4n) is 1.40. The molecule has 1 amide bonds. The first-order chi connectivity index (χ1) is 10.0. The molecular weight excluding hydrogens is 292 g/mol. The molecule has 0 radical (unpaired) electrons. The van der Waals surface area contributed by atoms with Gasteiger partial charge in [-0.15, -0.1) is 11.8 Å². The van der Waals surface area contributed by atoms with Crippen LogP contribution < -0.4 is 10.1 Å². The maximum atomic E-state index is 11.9. The summed E-state index contributed by atoms with van der Waals surface area (Å²) in [6, 6.07) is 3.22. The Morgan fingerprint density at radius 1 is 1.52 bits per heavy atom. The van der Waals surface area contributed by atoms with Crippen molar-refractivity contribution in [2.24, 2.45) is 0 Å². The zero-order chi connectivity index (χ0) is 15.7. The van der Waals surface area contributed by atoms with Crippen LogP contribution in [-0.4, -0.2) is 46.1 Å². The monoisotopic (exact) mass is 312 g/mol. The lowest BCUT2D eigenvalue weighted by Gasteiger charge is -2.12. The molecule has 0 fully saturated rings. The number of aliphatic carboxylic acids is 1. The number of nitrogens with zero attached hydrogens (tertiary/aromatic N) is 1. The third-order valence-corrected chi connectivity index (χ3v) is 3.60. The Hall–Kier alpha value is -1.76. The fourth-order valence-corrected chi connectivity index (χ4v) is 1.97. The number of nitrogens with one attached hydrogen (secondary N) is 1. The molecule has 0 bridgehead atoms. The number of carboxylic acid groups (broad SMARTS) is 1. The Labute approximate surface area is 128 Å². The molecule has 0 spiro atoms. The Balaban J connectivity index is 2.43. The van der Waals surface area contributed by atoms with Crippen LogP contribution >= 0.6 is 11.8 Å². The molecule has 0 saturated carbocycles. The van der Waals surface area contributed by atoms with Crippen LogP contribution in [0.4, 0.5) is 0 Å². The van der Waals surface area contributed by atoms with E-state index >= 15 is 0 Å². The zero-order valence-corrected chi connectivity index (χ0v) is 13.0. The van der Waals surface area contributed by atoms with Crippen molar-refractivity contribution in [1.82, 2.24) is 10.3 Å². The highest BCUT2D eigenvalue weighted by atomic mass is 32.2. The van der Waals surface area contributed by atoms with Gasteiger partial charge in [-0.1, -0.05) is 6.92 Å². The van der Waals surface area contributed by atoms with Crippen LogP contribution in [0.2, 0.25) is 0 Å². The van der Waals surface area contributed by atoms with E-state index < -0.39 is 5.97 Å². The molecule has 0 aliphatic heterocycles. The maximum Gasteiger partial charge on any atom is 0.313 e. The maximum absolute atomic E-state index is 11.9. The van der Waals surface area contributed by atoms with Gasteiger partial charge in [0.1, 0.15) is 0 Å². The molecule has 116 valence electrons. The second-order valence-corrected chi connectivity index (χ2v) is 5.53. The minimum atomic E-state index is -0.854. The second kappa shape index (κ2) is 9.23. The predicted octanol–water partition coefficient (Wildman–Crippen LogP) is 1.81. The molecule has 0 aromatic carbocycles. The van der Waals surface area contributed by atoms with Crippen molar-refractivity contribution in [1.29, 1.82) is 0 Å². The van der Waals surface area contributed by atoms with Gasteiger partial charge in [0.15, 0.2) is 0 Å². The van der Waals surface area contributed by atoms with E-state index in [4.69, 9.17) is 9.84 Å². The lowest BCUT2D eigenvalue weighted by Crippen LogP contribution is -2.26. The molecule has 21 heavy (non-hydrogen) atoms. The molecule has 1 rings (SSSR count). The number of rotatable bonds is 9. The van der Waals surface area contributed by atoms with E-state index in [1.165, 1.54) is 18.0 Å². The first-order valence-electron chi connectivity index (χ1n) is 6.73. The summed E-state index contributed by atoms with van der Waals surface area (Å²) < 4.78 is 5.56. The fraction of sp³-hybridized carbons (Fsp3) is 0.500. The number of carbonyl (C=O) groups is 2. The zero-order valence-electron chi connectivity index (χ0n) is 12.2. The second-order valence-electron chi connectivity index (χ2n) is 4.42. The summed E-state index contributed by atoms with van der Waals surface area (Å²) >= 11 is 1.26. The predicted molar refractivity (Wildman–Crippen MR) is 81.9 cm³/mol. The molecule has 2 N–H and O–H groups in total. The highest BCUT2D eigenvalue weighted by Crippen LogP contribution is 2.12. The number of hydrogen-bond acceptors (Lipinski definition) is 5. The van der Waals surface area contributed by atoms with Crippen LogP contribution in [0.25, 0.3) is 0 Å². The van der Waals surface area contributed by atoms with E-state index in [9.17, 15) is 9.59 Å². The van der Waals surface area contributed by atoms with Crippen LogP contribution in [0.1, 0.15) is 30.6 Å². The van der Waals surface area contributed by atoms with E-state index in [2.05, 4.69) is 10.3 Å². The van der Waals surface area contributed by atoms with Crippen molar-refractivity contribution < 1.29 is 19.4 Å². The smallest absolute Gasteiger partial charge is 0.313 e. The van der Waals surface area contributed by atoms with E-state index in [0.717, 1.165) is 6.42 Å². The van der Waals surface area contributed by atoms with Crippen LogP contribution in [0.15, 0.2) is 18.3 Å². The van der Waals surface area contributed by atoms with Gasteiger partial charge in [0.2, 0.25) is 5.88 Å². The number of hydrogen-bond donors (Lipinski definition) is 2. The van der Waals surface area contributed by atoms with Crippen LogP contribution in [0.3, 0.4) is 0 Å². The summed E-state index contributed by atoms with van der Waals surface area (Å²) in [6.45, 7) is 4.37. The molecule has 0 saturated heterocycles. The van der Waals surface area contributed by atoms with Crippen molar-refractivity contribution in [3.05, 3.63) is 23.9 Å². The van der Waals surface area contributed by atoms with Crippen molar-refractivity contribution in [3.63, 3.8) is 0 Å². The molecule has 7 heteroatoms. The van der Waals surface area contributed by atoms with Crippen molar-refractivity contribution in [2.45, 2.75) is 26.4 Å². The summed E-state index contributed by atoms with van der Waals surface area (Å²) in [5.41, 5.74) is 0.478. The van der Waals surface area contributed by atoms with Gasteiger partial charge < -0.3 is 15.2 Å². The molecule has 1 unspecified atom stereocenters. The van der Waals surface area contributed by atoms with E-state index in [1.807, 2.05) is 13.8 Å². The molecule has 1 heterocycles. The lowest BCUT2D eigenvalue weighted by atomic mass is 10.2. The summed E-state index contributed by atoms with van der Waals surface area (Å²) in [5, 5.41) is 11.2. The Morgan fingerprint density at radius 3 is 2.95 bits per heavy atom. The molecule has 6 nitrogen and oxygen atoms in total. The quantitative estimate of drug-likeness (QED) is 0.676. The molecular formula is C14H20N2O4S. The topological polar surface area (TPSA) is 88.5 Å². The Morgan fingerprint density at radius 2 is 2.29 bits per heavy atom. The first kappa shape index (κ1) is 17.3. The highest BCUT2D eigenvalue weighted by molar-refractivity contribution is 7.99. The van der Waals surface area contributed by atoms with E-state index in [1.54, 1.807) is 12.1 Å². The average molecular weight is 312 g/mol. The standard InChI is InChI=1S/C14H20N2O4S/c1-3-10(2)20-12-8-11(4-5-15-12)14(19)16-6-7-21-9-13(17)18/h4-5,8,10H,3,6-7,9H2,1-2H3,(H,16,19)(H,17,18). The van der Waals surface area contributed by atoms with Gasteiger partial charge in [-0.05, 0) is 19.4 Å². The number of carbonyl (C=O) groups excluding carboxylic acids is 1. The summed E-state index contributed by atoms with van der Waals surface area (Å²) in [4.78, 5) is 26.3. The number of pyridine rings is 1. The average Bonchev–Trinajstić information content (AvgIpc) is 2.46. The van der Waals surface area contributed by atoms with Crippen LogP contribution in [-0.2, 0) is 4.79 Å². The number of amides is 1. The summed E-state index contributed by atoms with van der Waals surface area (Å²) in [6.07, 6.45) is 2.44. The number of thioether (sulfide) groups is 1. The molecule has 1 aromatic heterocycles. The third-order valence-electron chi connectivity index (χ3n) is 2.65. The molecule has 1 atom stereocenters. The van der Waals surface area contributed by atoms with Gasteiger partial charge in [0.25, 0.3) is 5.91 Å². The van der Waals surface area contributed by atoms with Crippen molar-refractivity contribution in [2.75, 3.05) is 18.1 Å². The Bertz CT molecular complexity index is 482. The number of aromatic nitrogens is 1. The summed E-state index contributed by atoms with van der Waals surface area (Å²) in [7, 11) is 0. The highest BCUT2D eigenvalue weighted by Gasteiger charge is 2.09. The largest absolute Gasteiger partial charge is 0.481 e. The molecule has 0 aliphatic rings. The SMILES string of the molecule is CCC(C)Oc1cc(C(=O)NCCSCC(=O)O)ccn1. The van der Waals surface area contributed by atoms with Gasteiger partial charge in [0.05, 0.1) is 11.9 Å². The minimum Gasteiger partial charge on any atom is -0.481 e. The lowest BCUT2D eigenvalue weighted by molar-refractivity contribution is -0.133. The first-order valence-corrected chi connectivity index (χ1v) is 7.88.